The lowest BCUT2D eigenvalue weighted by Gasteiger charge is -2.18. The summed E-state index contributed by atoms with van der Waals surface area (Å²) in [4.78, 5) is 13.3. The molecule has 3 rings (SSSR count). The van der Waals surface area contributed by atoms with Gasteiger partial charge < -0.3 is 19.4 Å². The molecule has 2 N–H and O–H groups in total. The number of methoxy groups -OCH3 is 1. The van der Waals surface area contributed by atoms with Crippen LogP contribution in [0.1, 0.15) is 24.4 Å². The van der Waals surface area contributed by atoms with Gasteiger partial charge in [0.15, 0.2) is 12.6 Å². The smallest absolute Gasteiger partial charge is 0.279 e. The second-order valence-electron chi connectivity index (χ2n) is 6.84. The molecule has 7 nitrogen and oxygen atoms in total. The number of likely N-dealkylation sites (N-methyl/N-ethyl adjacent to an activating group) is 1. The first-order valence-corrected chi connectivity index (χ1v) is 9.13. The normalized spacial score (nSPS) is 13.0. The summed E-state index contributed by atoms with van der Waals surface area (Å²) in [5.41, 5.74) is 2.71. The largest absolute Gasteiger partial charge is 0.497 e. The van der Waals surface area contributed by atoms with Gasteiger partial charge in [-0.3, -0.25) is 4.79 Å². The Kier molecular flexibility index (Phi) is 6.06. The Morgan fingerprint density at radius 1 is 1.21 bits per heavy atom. The standard InChI is InChI=1S/C21H24N4O3/c1-14-7-5-8-16(11-14)21-24-23-20(28-21)15(2)25(3)13-19(26)22-17-9-6-10-18(12-17)27-4/h5-12,15H,13H2,1-4H3,(H,22,26)/p+1/t15-/m1/s1. The second kappa shape index (κ2) is 8.67. The predicted octanol–water partition coefficient (Wildman–Crippen LogP) is 2.27. The highest BCUT2D eigenvalue weighted by molar-refractivity contribution is 5.91. The first-order valence-electron chi connectivity index (χ1n) is 9.13. The lowest BCUT2D eigenvalue weighted by atomic mass is 10.1. The molecular formula is C21H25N4O3+. The van der Waals surface area contributed by atoms with Crippen molar-refractivity contribution in [1.29, 1.82) is 0 Å². The average molecular weight is 381 g/mol. The highest BCUT2D eigenvalue weighted by Gasteiger charge is 2.24. The predicted molar refractivity (Wildman–Crippen MR) is 106 cm³/mol. The number of rotatable bonds is 7. The molecule has 0 saturated heterocycles. The third-order valence-corrected chi connectivity index (χ3v) is 4.61. The van der Waals surface area contributed by atoms with Crippen molar-refractivity contribution in [2.75, 3.05) is 26.0 Å². The van der Waals surface area contributed by atoms with E-state index in [2.05, 4.69) is 15.5 Å². The van der Waals surface area contributed by atoms with Gasteiger partial charge in [0.25, 0.3) is 11.8 Å². The Morgan fingerprint density at radius 3 is 2.75 bits per heavy atom. The first kappa shape index (κ1) is 19.6. The fourth-order valence-corrected chi connectivity index (χ4v) is 2.83. The van der Waals surface area contributed by atoms with Crippen molar-refractivity contribution in [3.63, 3.8) is 0 Å². The minimum atomic E-state index is -0.123. The van der Waals surface area contributed by atoms with Gasteiger partial charge in [-0.2, -0.15) is 0 Å². The van der Waals surface area contributed by atoms with Crippen LogP contribution in [0, 0.1) is 6.92 Å². The van der Waals surface area contributed by atoms with E-state index in [1.807, 2.05) is 63.4 Å². The quantitative estimate of drug-likeness (QED) is 0.656. The molecule has 1 aromatic heterocycles. The Labute approximate surface area is 164 Å². The molecule has 0 fully saturated rings. The van der Waals surface area contributed by atoms with Crippen molar-refractivity contribution in [1.82, 2.24) is 10.2 Å². The summed E-state index contributed by atoms with van der Waals surface area (Å²) in [6.45, 7) is 4.24. The summed E-state index contributed by atoms with van der Waals surface area (Å²) in [7, 11) is 3.52. The molecule has 0 spiro atoms. The Balaban J connectivity index is 1.62. The van der Waals surface area contributed by atoms with Gasteiger partial charge in [0, 0.05) is 17.3 Å². The molecule has 0 aliphatic carbocycles. The average Bonchev–Trinajstić information content (AvgIpc) is 3.17. The number of carbonyl (C=O) groups is 1. The van der Waals surface area contributed by atoms with Crippen LogP contribution in [0.15, 0.2) is 52.9 Å². The Hall–Kier alpha value is -3.19. The number of aromatic nitrogens is 2. The molecule has 0 radical (unpaired) electrons. The molecule has 0 bridgehead atoms. The number of aryl methyl sites for hydroxylation is 1. The zero-order valence-corrected chi connectivity index (χ0v) is 16.5. The molecule has 2 aromatic carbocycles. The van der Waals surface area contributed by atoms with Gasteiger partial charge in [0.1, 0.15) is 5.75 Å². The number of nitrogens with zero attached hydrogens (tertiary/aromatic N) is 2. The summed E-state index contributed by atoms with van der Waals surface area (Å²) in [5, 5.41) is 11.2. The summed E-state index contributed by atoms with van der Waals surface area (Å²) in [6.07, 6.45) is 0. The van der Waals surface area contributed by atoms with Crippen molar-refractivity contribution in [3.05, 3.63) is 60.0 Å². The number of hydrogen-bond donors (Lipinski definition) is 2. The van der Waals surface area contributed by atoms with Crippen LogP contribution in [0.25, 0.3) is 11.5 Å². The molecular weight excluding hydrogens is 356 g/mol. The van der Waals surface area contributed by atoms with Crippen molar-refractivity contribution >= 4 is 11.6 Å². The third kappa shape index (κ3) is 4.75. The van der Waals surface area contributed by atoms with Crippen LogP contribution in [0.4, 0.5) is 5.69 Å². The minimum absolute atomic E-state index is 0.101. The van der Waals surface area contributed by atoms with Crippen molar-refractivity contribution in [2.24, 2.45) is 0 Å². The first-order chi connectivity index (χ1) is 13.5. The van der Waals surface area contributed by atoms with Crippen molar-refractivity contribution < 1.29 is 18.8 Å². The van der Waals surface area contributed by atoms with E-state index in [0.29, 0.717) is 23.2 Å². The van der Waals surface area contributed by atoms with E-state index >= 15 is 0 Å². The van der Waals surface area contributed by atoms with Crippen LogP contribution in [0.3, 0.4) is 0 Å². The van der Waals surface area contributed by atoms with Crippen LogP contribution >= 0.6 is 0 Å². The molecule has 1 heterocycles. The van der Waals surface area contributed by atoms with Gasteiger partial charge in [-0.05, 0) is 38.1 Å². The fraction of sp³-hybridized carbons (Fsp3) is 0.286. The van der Waals surface area contributed by atoms with Crippen LogP contribution < -0.4 is 15.0 Å². The van der Waals surface area contributed by atoms with E-state index in [1.165, 1.54) is 0 Å². The van der Waals surface area contributed by atoms with Gasteiger partial charge in [-0.1, -0.05) is 23.8 Å². The zero-order chi connectivity index (χ0) is 20.1. The van der Waals surface area contributed by atoms with Gasteiger partial charge in [-0.15, -0.1) is 10.2 Å². The Bertz CT molecular complexity index is 954. The van der Waals surface area contributed by atoms with Crippen molar-refractivity contribution in [3.8, 4) is 17.2 Å². The fourth-order valence-electron chi connectivity index (χ4n) is 2.83. The van der Waals surface area contributed by atoms with Crippen molar-refractivity contribution in [2.45, 2.75) is 19.9 Å². The van der Waals surface area contributed by atoms with Gasteiger partial charge in [-0.25, -0.2) is 0 Å². The van der Waals surface area contributed by atoms with E-state index in [1.54, 1.807) is 13.2 Å². The van der Waals surface area contributed by atoms with E-state index < -0.39 is 0 Å². The maximum Gasteiger partial charge on any atom is 0.279 e. The van der Waals surface area contributed by atoms with Crippen LogP contribution in [-0.2, 0) is 4.79 Å². The topological polar surface area (TPSA) is 81.7 Å². The van der Waals surface area contributed by atoms with Crippen LogP contribution in [0.5, 0.6) is 5.75 Å². The molecule has 0 aliphatic heterocycles. The zero-order valence-electron chi connectivity index (χ0n) is 16.5. The lowest BCUT2D eigenvalue weighted by molar-refractivity contribution is -0.903. The summed E-state index contributed by atoms with van der Waals surface area (Å²) in [6, 6.07) is 15.1. The Morgan fingerprint density at radius 2 is 2.00 bits per heavy atom. The molecule has 3 aromatic rings. The second-order valence-corrected chi connectivity index (χ2v) is 6.84. The molecule has 1 unspecified atom stereocenters. The van der Waals surface area contributed by atoms with Crippen LogP contribution in [-0.4, -0.2) is 36.8 Å². The van der Waals surface area contributed by atoms with Gasteiger partial charge in [0.05, 0.1) is 14.2 Å². The van der Waals surface area contributed by atoms with Crippen LogP contribution in [0.2, 0.25) is 0 Å². The number of carbonyl (C=O) groups excluding carboxylic acids is 1. The summed E-state index contributed by atoms with van der Waals surface area (Å²) < 4.78 is 11.0. The number of amides is 1. The van der Waals surface area contributed by atoms with E-state index in [9.17, 15) is 4.79 Å². The third-order valence-electron chi connectivity index (χ3n) is 4.61. The number of nitrogens with one attached hydrogen (secondary N) is 2. The number of hydrogen-bond acceptors (Lipinski definition) is 5. The number of anilines is 1. The van der Waals surface area contributed by atoms with E-state index in [0.717, 1.165) is 16.0 Å². The van der Waals surface area contributed by atoms with Gasteiger partial charge >= 0.3 is 0 Å². The molecule has 0 aliphatic rings. The SMILES string of the molecule is COc1cccc(NC(=O)C[NH+](C)[C@H](C)c2nnc(-c3cccc(C)c3)o2)c1. The lowest BCUT2D eigenvalue weighted by Crippen LogP contribution is -3.10. The monoisotopic (exact) mass is 381 g/mol. The van der Waals surface area contributed by atoms with E-state index in [-0.39, 0.29) is 18.5 Å². The highest BCUT2D eigenvalue weighted by Crippen LogP contribution is 2.20. The van der Waals surface area contributed by atoms with Gasteiger partial charge in [0.2, 0.25) is 5.89 Å². The number of benzene rings is 2. The number of ether oxygens (including phenoxy) is 1. The molecule has 28 heavy (non-hydrogen) atoms. The summed E-state index contributed by atoms with van der Waals surface area (Å²) in [5.74, 6) is 1.58. The molecule has 146 valence electrons. The molecule has 7 heteroatoms. The maximum absolute atomic E-state index is 12.4. The van der Waals surface area contributed by atoms with E-state index in [4.69, 9.17) is 9.15 Å². The summed E-state index contributed by atoms with van der Waals surface area (Å²) >= 11 is 0. The number of quaternary nitrogens is 1. The highest BCUT2D eigenvalue weighted by atomic mass is 16.5. The maximum atomic E-state index is 12.4. The molecule has 1 amide bonds. The minimum Gasteiger partial charge on any atom is -0.497 e. The molecule has 2 atom stereocenters. The molecule has 0 saturated carbocycles.